The molecule has 1 aromatic rings. The second-order valence-electron chi connectivity index (χ2n) is 6.14. The molecule has 118 valence electrons. The van der Waals surface area contributed by atoms with E-state index >= 15 is 0 Å². The van der Waals surface area contributed by atoms with E-state index in [4.69, 9.17) is 0 Å². The third kappa shape index (κ3) is 4.10. The molecule has 1 aliphatic heterocycles. The van der Waals surface area contributed by atoms with Gasteiger partial charge in [0, 0.05) is 24.8 Å². The predicted molar refractivity (Wildman–Crippen MR) is 85.8 cm³/mol. The van der Waals surface area contributed by atoms with E-state index in [0.29, 0.717) is 6.54 Å². The van der Waals surface area contributed by atoms with Crippen LogP contribution in [0.3, 0.4) is 0 Å². The number of pyridine rings is 1. The maximum absolute atomic E-state index is 11.9. The fourth-order valence-corrected chi connectivity index (χ4v) is 3.14. The quantitative estimate of drug-likeness (QED) is 0.820. The zero-order valence-electron chi connectivity index (χ0n) is 13.4. The number of aromatic hydroxyl groups is 1. The zero-order valence-corrected chi connectivity index (χ0v) is 13.4. The Labute approximate surface area is 127 Å². The van der Waals surface area contributed by atoms with Gasteiger partial charge in [-0.2, -0.15) is 0 Å². The van der Waals surface area contributed by atoms with Crippen molar-refractivity contribution in [3.63, 3.8) is 0 Å². The molecule has 1 fully saturated rings. The van der Waals surface area contributed by atoms with E-state index in [-0.39, 0.29) is 11.2 Å². The molecule has 0 spiro atoms. The molecule has 1 saturated heterocycles. The van der Waals surface area contributed by atoms with E-state index in [2.05, 4.69) is 16.4 Å². The summed E-state index contributed by atoms with van der Waals surface area (Å²) in [5.74, 6) is -0.0531. The molecule has 4 nitrogen and oxygen atoms in total. The third-order valence-electron chi connectivity index (χ3n) is 4.41. The Hall–Kier alpha value is -1.29. The SMILES string of the molecule is CCCCCn1c(C)cc(=O)c(O)c1CN1CCCCC1. The van der Waals surface area contributed by atoms with Crippen molar-refractivity contribution in [2.45, 2.75) is 65.5 Å². The van der Waals surface area contributed by atoms with Gasteiger partial charge in [-0.1, -0.05) is 26.2 Å². The maximum atomic E-state index is 11.9. The molecule has 0 atom stereocenters. The summed E-state index contributed by atoms with van der Waals surface area (Å²) >= 11 is 0. The molecule has 2 heterocycles. The monoisotopic (exact) mass is 292 g/mol. The van der Waals surface area contributed by atoms with E-state index in [9.17, 15) is 9.90 Å². The van der Waals surface area contributed by atoms with Gasteiger partial charge < -0.3 is 9.67 Å². The van der Waals surface area contributed by atoms with Gasteiger partial charge in [-0.25, -0.2) is 0 Å². The Morgan fingerprint density at radius 3 is 2.57 bits per heavy atom. The lowest BCUT2D eigenvalue weighted by Gasteiger charge is -2.28. The fourth-order valence-electron chi connectivity index (χ4n) is 3.14. The molecule has 21 heavy (non-hydrogen) atoms. The number of likely N-dealkylation sites (tertiary alicyclic amines) is 1. The number of nitrogens with zero attached hydrogens (tertiary/aromatic N) is 2. The Morgan fingerprint density at radius 1 is 1.19 bits per heavy atom. The van der Waals surface area contributed by atoms with E-state index < -0.39 is 0 Å². The van der Waals surface area contributed by atoms with Crippen molar-refractivity contribution in [3.8, 4) is 5.75 Å². The number of unbranched alkanes of at least 4 members (excludes halogenated alkanes) is 2. The van der Waals surface area contributed by atoms with Crippen LogP contribution in [0.15, 0.2) is 10.9 Å². The molecule has 0 amide bonds. The lowest BCUT2D eigenvalue weighted by atomic mass is 10.1. The summed E-state index contributed by atoms with van der Waals surface area (Å²) in [5, 5.41) is 10.2. The first-order valence-electron chi connectivity index (χ1n) is 8.28. The first-order valence-corrected chi connectivity index (χ1v) is 8.28. The van der Waals surface area contributed by atoms with Crippen molar-refractivity contribution in [2.75, 3.05) is 13.1 Å². The van der Waals surface area contributed by atoms with Crippen LogP contribution in [0.5, 0.6) is 5.75 Å². The molecule has 2 rings (SSSR count). The number of hydrogen-bond donors (Lipinski definition) is 1. The molecule has 0 bridgehead atoms. The summed E-state index contributed by atoms with van der Waals surface area (Å²) in [5.41, 5.74) is 1.52. The van der Waals surface area contributed by atoms with Crippen LogP contribution in [0, 0.1) is 6.92 Å². The maximum Gasteiger partial charge on any atom is 0.223 e. The standard InChI is InChI=1S/C17H28N2O2/c1-3-4-6-11-19-14(2)12-16(20)17(21)15(19)13-18-9-7-5-8-10-18/h12,21H,3-11,13H2,1-2H3. The minimum Gasteiger partial charge on any atom is -0.503 e. The van der Waals surface area contributed by atoms with Crippen LogP contribution < -0.4 is 5.43 Å². The summed E-state index contributed by atoms with van der Waals surface area (Å²) in [7, 11) is 0. The number of aryl methyl sites for hydroxylation is 1. The molecule has 4 heteroatoms. The molecule has 0 aliphatic carbocycles. The van der Waals surface area contributed by atoms with Crippen LogP contribution in [-0.2, 0) is 13.1 Å². The van der Waals surface area contributed by atoms with Crippen LogP contribution in [0.4, 0.5) is 0 Å². The molecular weight excluding hydrogens is 264 g/mol. The van der Waals surface area contributed by atoms with Crippen molar-refractivity contribution >= 4 is 0 Å². The first kappa shape index (κ1) is 16.1. The van der Waals surface area contributed by atoms with Gasteiger partial charge in [0.05, 0.1) is 5.69 Å². The lowest BCUT2D eigenvalue weighted by Crippen LogP contribution is -2.31. The number of rotatable bonds is 6. The molecular formula is C17H28N2O2. The summed E-state index contributed by atoms with van der Waals surface area (Å²) in [6, 6.07) is 1.56. The first-order chi connectivity index (χ1) is 10.1. The molecule has 0 aromatic carbocycles. The lowest BCUT2D eigenvalue weighted by molar-refractivity contribution is 0.211. The number of aromatic nitrogens is 1. The molecule has 1 N–H and O–H groups in total. The predicted octanol–water partition coefficient (Wildman–Crippen LogP) is 3.04. The number of piperidine rings is 1. The van der Waals surface area contributed by atoms with Crippen LogP contribution in [0.1, 0.15) is 56.8 Å². The topological polar surface area (TPSA) is 45.5 Å². The van der Waals surface area contributed by atoms with E-state index in [1.54, 1.807) is 6.07 Å². The van der Waals surface area contributed by atoms with Gasteiger partial charge in [-0.05, 0) is 39.3 Å². The summed E-state index contributed by atoms with van der Waals surface area (Å²) < 4.78 is 2.14. The van der Waals surface area contributed by atoms with Crippen molar-refractivity contribution in [2.24, 2.45) is 0 Å². The Kier molecular flexibility index (Phi) is 5.85. The van der Waals surface area contributed by atoms with Gasteiger partial charge >= 0.3 is 0 Å². The highest BCUT2D eigenvalue weighted by Crippen LogP contribution is 2.20. The summed E-state index contributed by atoms with van der Waals surface area (Å²) in [4.78, 5) is 14.3. The van der Waals surface area contributed by atoms with Crippen molar-refractivity contribution < 1.29 is 5.11 Å². The molecule has 1 aliphatic rings. The third-order valence-corrected chi connectivity index (χ3v) is 4.41. The highest BCUT2D eigenvalue weighted by Gasteiger charge is 2.18. The second-order valence-corrected chi connectivity index (χ2v) is 6.14. The molecule has 1 aromatic heterocycles. The van der Waals surface area contributed by atoms with Crippen LogP contribution in [-0.4, -0.2) is 27.7 Å². The zero-order chi connectivity index (χ0) is 15.2. The fraction of sp³-hybridized carbons (Fsp3) is 0.706. The van der Waals surface area contributed by atoms with Gasteiger partial charge in [-0.3, -0.25) is 9.69 Å². The molecule has 0 radical (unpaired) electrons. The molecule has 0 saturated carbocycles. The normalized spacial score (nSPS) is 16.3. The van der Waals surface area contributed by atoms with Crippen molar-refractivity contribution in [1.29, 1.82) is 0 Å². The summed E-state index contributed by atoms with van der Waals surface area (Å²) in [6.07, 6.45) is 7.16. The minimum absolute atomic E-state index is 0.0531. The van der Waals surface area contributed by atoms with Crippen LogP contribution in [0.25, 0.3) is 0 Å². The van der Waals surface area contributed by atoms with Crippen molar-refractivity contribution in [3.05, 3.63) is 27.7 Å². The van der Waals surface area contributed by atoms with Gasteiger partial charge in [0.15, 0.2) is 5.75 Å². The number of hydrogen-bond acceptors (Lipinski definition) is 3. The van der Waals surface area contributed by atoms with Gasteiger partial charge in [-0.15, -0.1) is 0 Å². The Morgan fingerprint density at radius 2 is 1.90 bits per heavy atom. The van der Waals surface area contributed by atoms with Gasteiger partial charge in [0.1, 0.15) is 0 Å². The van der Waals surface area contributed by atoms with E-state index in [0.717, 1.165) is 37.4 Å². The second kappa shape index (κ2) is 7.64. The largest absolute Gasteiger partial charge is 0.503 e. The van der Waals surface area contributed by atoms with Crippen LogP contribution in [0.2, 0.25) is 0 Å². The van der Waals surface area contributed by atoms with E-state index in [1.165, 1.54) is 32.1 Å². The average Bonchev–Trinajstić information content (AvgIpc) is 2.49. The highest BCUT2D eigenvalue weighted by atomic mass is 16.3. The minimum atomic E-state index is -0.244. The van der Waals surface area contributed by atoms with Gasteiger partial charge in [0.25, 0.3) is 0 Å². The average molecular weight is 292 g/mol. The Balaban J connectivity index is 2.24. The van der Waals surface area contributed by atoms with Gasteiger partial charge in [0.2, 0.25) is 5.43 Å². The summed E-state index contributed by atoms with van der Waals surface area (Å²) in [6.45, 7) is 7.86. The van der Waals surface area contributed by atoms with E-state index in [1.807, 2.05) is 6.92 Å². The highest BCUT2D eigenvalue weighted by molar-refractivity contribution is 5.29. The van der Waals surface area contributed by atoms with Crippen molar-refractivity contribution in [1.82, 2.24) is 9.47 Å². The Bertz CT molecular complexity index is 516. The molecule has 0 unspecified atom stereocenters. The smallest absolute Gasteiger partial charge is 0.223 e. The van der Waals surface area contributed by atoms with Crippen LogP contribution >= 0.6 is 0 Å².